The molecule has 1 aliphatic heterocycles. The highest BCUT2D eigenvalue weighted by atomic mass is 35.5. The number of rotatable bonds is 3. The van der Waals surface area contributed by atoms with Gasteiger partial charge in [0.2, 0.25) is 5.91 Å². The van der Waals surface area contributed by atoms with Crippen LogP contribution in [0.2, 0.25) is 10.0 Å². The van der Waals surface area contributed by atoms with Crippen LogP contribution in [-0.2, 0) is 14.3 Å². The molecule has 1 atom stereocenters. The number of esters is 1. The van der Waals surface area contributed by atoms with Crippen molar-refractivity contribution in [1.29, 1.82) is 0 Å². The lowest BCUT2D eigenvalue weighted by Gasteiger charge is -2.20. The molecule has 1 fully saturated rings. The van der Waals surface area contributed by atoms with Gasteiger partial charge in [0, 0.05) is 12.6 Å². The zero-order valence-electron chi connectivity index (χ0n) is 11.5. The number of hydrogen-bond donors (Lipinski definition) is 0. The summed E-state index contributed by atoms with van der Waals surface area (Å²) in [4.78, 5) is 25.3. The molecule has 1 heterocycles. The summed E-state index contributed by atoms with van der Waals surface area (Å²) < 4.78 is 4.72. The lowest BCUT2D eigenvalue weighted by Crippen LogP contribution is -2.40. The molecular weight excluding hydrogens is 313 g/mol. The Morgan fingerprint density at radius 3 is 2.86 bits per heavy atom. The first kappa shape index (κ1) is 15.9. The molecular formula is C15H15Cl2NO3. The predicted molar refractivity (Wildman–Crippen MR) is 82.2 cm³/mol. The molecule has 1 amide bonds. The van der Waals surface area contributed by atoms with Gasteiger partial charge in [0.25, 0.3) is 0 Å². The van der Waals surface area contributed by atoms with Crippen LogP contribution in [-0.4, -0.2) is 36.5 Å². The molecule has 0 aromatic heterocycles. The fourth-order valence-electron chi connectivity index (χ4n) is 2.32. The number of carbonyl (C=O) groups is 2. The monoisotopic (exact) mass is 327 g/mol. The van der Waals surface area contributed by atoms with Gasteiger partial charge in [-0.15, -0.1) is 0 Å². The number of ether oxygens (including phenoxy) is 1. The minimum absolute atomic E-state index is 0.237. The zero-order valence-corrected chi connectivity index (χ0v) is 13.0. The van der Waals surface area contributed by atoms with Crippen LogP contribution < -0.4 is 0 Å². The summed E-state index contributed by atoms with van der Waals surface area (Å²) in [6.07, 6.45) is 4.42. The van der Waals surface area contributed by atoms with Crippen LogP contribution in [0, 0.1) is 0 Å². The first-order valence-electron chi connectivity index (χ1n) is 6.55. The van der Waals surface area contributed by atoms with E-state index in [1.807, 2.05) is 0 Å². The Hall–Kier alpha value is -1.52. The number of nitrogens with zero attached hydrogens (tertiary/aromatic N) is 1. The highest BCUT2D eigenvalue weighted by Crippen LogP contribution is 2.26. The molecule has 0 spiro atoms. The van der Waals surface area contributed by atoms with E-state index in [0.717, 1.165) is 6.42 Å². The quantitative estimate of drug-likeness (QED) is 0.632. The maximum atomic E-state index is 12.2. The van der Waals surface area contributed by atoms with Gasteiger partial charge in [-0.3, -0.25) is 4.79 Å². The summed E-state index contributed by atoms with van der Waals surface area (Å²) in [5.41, 5.74) is 0.659. The van der Waals surface area contributed by atoms with Crippen molar-refractivity contribution in [2.75, 3.05) is 13.7 Å². The van der Waals surface area contributed by atoms with Gasteiger partial charge in [-0.25, -0.2) is 4.79 Å². The second-order valence-electron chi connectivity index (χ2n) is 4.69. The van der Waals surface area contributed by atoms with Crippen molar-refractivity contribution in [2.24, 2.45) is 0 Å². The van der Waals surface area contributed by atoms with Crippen molar-refractivity contribution in [3.8, 4) is 0 Å². The van der Waals surface area contributed by atoms with E-state index in [1.54, 1.807) is 24.3 Å². The van der Waals surface area contributed by atoms with Crippen molar-refractivity contribution < 1.29 is 14.3 Å². The van der Waals surface area contributed by atoms with Gasteiger partial charge in [-0.05, 0) is 30.5 Å². The predicted octanol–water partition coefficient (Wildman–Crippen LogP) is 3.17. The molecule has 0 unspecified atom stereocenters. The van der Waals surface area contributed by atoms with E-state index in [-0.39, 0.29) is 11.9 Å². The van der Waals surface area contributed by atoms with Gasteiger partial charge in [-0.1, -0.05) is 35.3 Å². The number of likely N-dealkylation sites (tertiary alicyclic amines) is 1. The van der Waals surface area contributed by atoms with Crippen molar-refractivity contribution in [3.63, 3.8) is 0 Å². The molecule has 1 saturated heterocycles. The van der Waals surface area contributed by atoms with Crippen LogP contribution in [0.5, 0.6) is 0 Å². The van der Waals surface area contributed by atoms with Crippen LogP contribution in [0.1, 0.15) is 18.4 Å². The highest BCUT2D eigenvalue weighted by Gasteiger charge is 2.33. The van der Waals surface area contributed by atoms with E-state index in [0.29, 0.717) is 28.6 Å². The number of halogens is 2. The second kappa shape index (κ2) is 6.96. The van der Waals surface area contributed by atoms with Gasteiger partial charge in [0.15, 0.2) is 0 Å². The molecule has 6 heteroatoms. The van der Waals surface area contributed by atoms with E-state index in [9.17, 15) is 9.59 Å². The minimum Gasteiger partial charge on any atom is -0.467 e. The first-order valence-corrected chi connectivity index (χ1v) is 7.30. The number of benzene rings is 1. The van der Waals surface area contributed by atoms with Crippen LogP contribution in [0.25, 0.3) is 6.08 Å². The Morgan fingerprint density at radius 1 is 1.38 bits per heavy atom. The van der Waals surface area contributed by atoms with Gasteiger partial charge in [0.05, 0.1) is 17.2 Å². The molecule has 112 valence electrons. The fourth-order valence-corrected chi connectivity index (χ4v) is 2.69. The van der Waals surface area contributed by atoms with Gasteiger partial charge >= 0.3 is 5.97 Å². The molecule has 0 N–H and O–H groups in total. The SMILES string of the molecule is COC(=O)[C@H]1CCCN1C(=O)/C=C/c1cccc(Cl)c1Cl. The van der Waals surface area contributed by atoms with Crippen LogP contribution in [0.4, 0.5) is 0 Å². The summed E-state index contributed by atoms with van der Waals surface area (Å²) in [5.74, 6) is -0.617. The van der Waals surface area contributed by atoms with Crippen LogP contribution >= 0.6 is 23.2 Å². The first-order chi connectivity index (χ1) is 10.0. The van der Waals surface area contributed by atoms with E-state index in [2.05, 4.69) is 0 Å². The lowest BCUT2D eigenvalue weighted by atomic mass is 10.2. The summed E-state index contributed by atoms with van der Waals surface area (Å²) in [6.45, 7) is 0.548. The topological polar surface area (TPSA) is 46.6 Å². The van der Waals surface area contributed by atoms with Crippen molar-refractivity contribution in [3.05, 3.63) is 39.9 Å². The molecule has 4 nitrogen and oxygen atoms in total. The summed E-state index contributed by atoms with van der Waals surface area (Å²) in [7, 11) is 1.32. The van der Waals surface area contributed by atoms with E-state index in [4.69, 9.17) is 27.9 Å². The summed E-state index contributed by atoms with van der Waals surface area (Å²) in [6, 6.07) is 4.70. The summed E-state index contributed by atoms with van der Waals surface area (Å²) >= 11 is 12.0. The Bertz CT molecular complexity index is 586. The third-order valence-electron chi connectivity index (χ3n) is 3.40. The summed E-state index contributed by atoms with van der Waals surface area (Å²) in [5, 5.41) is 0.828. The molecule has 2 rings (SSSR count). The van der Waals surface area contributed by atoms with Crippen LogP contribution in [0.15, 0.2) is 24.3 Å². The standard InChI is InChI=1S/C15H15Cl2NO3/c1-21-15(20)12-6-3-9-18(12)13(19)8-7-10-4-2-5-11(16)14(10)17/h2,4-5,7-8,12H,3,6,9H2,1H3/b8-7+/t12-/m1/s1. The van der Waals surface area contributed by atoms with Crippen molar-refractivity contribution in [2.45, 2.75) is 18.9 Å². The van der Waals surface area contributed by atoms with E-state index in [1.165, 1.54) is 18.1 Å². The second-order valence-corrected chi connectivity index (χ2v) is 5.47. The van der Waals surface area contributed by atoms with E-state index < -0.39 is 6.04 Å². The molecule has 0 aliphatic carbocycles. The number of carbonyl (C=O) groups excluding carboxylic acids is 2. The van der Waals surface area contributed by atoms with Gasteiger partial charge in [-0.2, -0.15) is 0 Å². The molecule has 1 aliphatic rings. The Kier molecular flexibility index (Phi) is 5.26. The highest BCUT2D eigenvalue weighted by molar-refractivity contribution is 6.42. The normalized spacial score (nSPS) is 18.2. The third kappa shape index (κ3) is 3.57. The van der Waals surface area contributed by atoms with Crippen molar-refractivity contribution >= 4 is 41.2 Å². The minimum atomic E-state index is -0.498. The Morgan fingerprint density at radius 2 is 2.14 bits per heavy atom. The molecule has 0 bridgehead atoms. The van der Waals surface area contributed by atoms with Gasteiger partial charge < -0.3 is 9.64 Å². The number of methoxy groups -OCH3 is 1. The lowest BCUT2D eigenvalue weighted by molar-refractivity contribution is -0.149. The fraction of sp³-hybridized carbons (Fsp3) is 0.333. The average molecular weight is 328 g/mol. The van der Waals surface area contributed by atoms with Gasteiger partial charge in [0.1, 0.15) is 6.04 Å². The maximum absolute atomic E-state index is 12.2. The van der Waals surface area contributed by atoms with E-state index >= 15 is 0 Å². The number of amides is 1. The van der Waals surface area contributed by atoms with Crippen molar-refractivity contribution in [1.82, 2.24) is 4.90 Å². The smallest absolute Gasteiger partial charge is 0.328 e. The van der Waals surface area contributed by atoms with Crippen LogP contribution in [0.3, 0.4) is 0 Å². The third-order valence-corrected chi connectivity index (χ3v) is 4.23. The molecule has 0 radical (unpaired) electrons. The zero-order chi connectivity index (χ0) is 15.4. The Balaban J connectivity index is 2.12. The molecule has 1 aromatic rings. The Labute approximate surface area is 133 Å². The molecule has 1 aromatic carbocycles. The molecule has 0 saturated carbocycles. The average Bonchev–Trinajstić information content (AvgIpc) is 2.97. The number of hydrogen-bond acceptors (Lipinski definition) is 3. The maximum Gasteiger partial charge on any atom is 0.328 e. The largest absolute Gasteiger partial charge is 0.467 e. The molecule has 21 heavy (non-hydrogen) atoms.